The van der Waals surface area contributed by atoms with E-state index < -0.39 is 0 Å². The number of hydrogen-bond donors (Lipinski definition) is 0. The number of halogens is 1. The van der Waals surface area contributed by atoms with Crippen molar-refractivity contribution in [2.75, 3.05) is 7.11 Å². The zero-order valence-electron chi connectivity index (χ0n) is 8.00. The second-order valence-electron chi connectivity index (χ2n) is 2.94. The first kappa shape index (κ1) is 10.6. The van der Waals surface area contributed by atoms with Crippen molar-refractivity contribution in [1.82, 2.24) is 0 Å². The number of hydrogen-bond acceptors (Lipinski definition) is 2. The first-order chi connectivity index (χ1) is 6.15. The lowest BCUT2D eigenvalue weighted by Gasteiger charge is -2.13. The van der Waals surface area contributed by atoms with E-state index >= 15 is 0 Å². The highest BCUT2D eigenvalue weighted by molar-refractivity contribution is 14.1. The van der Waals surface area contributed by atoms with Crippen LogP contribution in [0.1, 0.15) is 13.8 Å². The van der Waals surface area contributed by atoms with Crippen molar-refractivity contribution in [2.45, 2.75) is 20.0 Å². The summed E-state index contributed by atoms with van der Waals surface area (Å²) in [7, 11) is 1.66. The largest absolute Gasteiger partial charge is 0.496 e. The van der Waals surface area contributed by atoms with Gasteiger partial charge in [-0.3, -0.25) is 0 Å². The van der Waals surface area contributed by atoms with Gasteiger partial charge in [0.15, 0.2) is 0 Å². The fourth-order valence-electron chi connectivity index (χ4n) is 0.993. The van der Waals surface area contributed by atoms with Crippen LogP contribution in [0, 0.1) is 3.57 Å². The Balaban J connectivity index is 2.94. The summed E-state index contributed by atoms with van der Waals surface area (Å²) in [5.41, 5.74) is 0. The van der Waals surface area contributed by atoms with Gasteiger partial charge in [0.2, 0.25) is 0 Å². The Labute approximate surface area is 92.4 Å². The fourth-order valence-corrected chi connectivity index (χ4v) is 1.70. The normalized spacial score (nSPS) is 10.2. The molecule has 1 rings (SSSR count). The summed E-state index contributed by atoms with van der Waals surface area (Å²) in [4.78, 5) is 0. The minimum Gasteiger partial charge on any atom is -0.496 e. The molecule has 1 aromatic rings. The second-order valence-corrected chi connectivity index (χ2v) is 4.02. The molecule has 0 fully saturated rings. The highest BCUT2D eigenvalue weighted by Crippen LogP contribution is 2.30. The molecule has 0 spiro atoms. The summed E-state index contributed by atoms with van der Waals surface area (Å²) in [5.74, 6) is 1.74. The van der Waals surface area contributed by atoms with Crippen LogP contribution in [-0.2, 0) is 0 Å². The SMILES string of the molecule is COc1cccc(OC(C)C)c1I. The van der Waals surface area contributed by atoms with Crippen LogP contribution >= 0.6 is 22.6 Å². The number of rotatable bonds is 3. The highest BCUT2D eigenvalue weighted by Gasteiger charge is 2.07. The van der Waals surface area contributed by atoms with Crippen LogP contribution < -0.4 is 9.47 Å². The van der Waals surface area contributed by atoms with Gasteiger partial charge in [0.1, 0.15) is 11.5 Å². The van der Waals surface area contributed by atoms with Gasteiger partial charge in [0.05, 0.1) is 16.8 Å². The van der Waals surface area contributed by atoms with E-state index in [9.17, 15) is 0 Å². The van der Waals surface area contributed by atoms with Crippen molar-refractivity contribution in [3.63, 3.8) is 0 Å². The van der Waals surface area contributed by atoms with Crippen molar-refractivity contribution in [3.8, 4) is 11.5 Å². The summed E-state index contributed by atoms with van der Waals surface area (Å²) in [6.45, 7) is 4.02. The molecular weight excluding hydrogens is 279 g/mol. The van der Waals surface area contributed by atoms with Crippen molar-refractivity contribution >= 4 is 22.6 Å². The highest BCUT2D eigenvalue weighted by atomic mass is 127. The monoisotopic (exact) mass is 292 g/mol. The molecule has 0 heterocycles. The van der Waals surface area contributed by atoms with Gasteiger partial charge in [-0.2, -0.15) is 0 Å². The molecule has 0 unspecified atom stereocenters. The van der Waals surface area contributed by atoms with Crippen LogP contribution in [0.15, 0.2) is 18.2 Å². The Bertz CT molecular complexity index is 284. The van der Waals surface area contributed by atoms with E-state index in [1.54, 1.807) is 7.11 Å². The third-order valence-corrected chi connectivity index (χ3v) is 2.57. The Morgan fingerprint density at radius 3 is 2.38 bits per heavy atom. The summed E-state index contributed by atoms with van der Waals surface area (Å²) in [5, 5.41) is 0. The van der Waals surface area contributed by atoms with E-state index in [4.69, 9.17) is 9.47 Å². The van der Waals surface area contributed by atoms with Crippen LogP contribution in [0.4, 0.5) is 0 Å². The lowest BCUT2D eigenvalue weighted by Crippen LogP contribution is -2.06. The molecule has 0 amide bonds. The maximum absolute atomic E-state index is 5.60. The van der Waals surface area contributed by atoms with E-state index in [0.29, 0.717) is 0 Å². The Hall–Kier alpha value is -0.450. The van der Waals surface area contributed by atoms with Gasteiger partial charge < -0.3 is 9.47 Å². The molecule has 72 valence electrons. The Morgan fingerprint density at radius 2 is 1.85 bits per heavy atom. The molecular formula is C10H13IO2. The van der Waals surface area contributed by atoms with Crippen LogP contribution in [0.2, 0.25) is 0 Å². The maximum Gasteiger partial charge on any atom is 0.136 e. The van der Waals surface area contributed by atoms with E-state index in [2.05, 4.69) is 22.6 Å². The molecule has 0 bridgehead atoms. The molecule has 0 atom stereocenters. The minimum atomic E-state index is 0.195. The summed E-state index contributed by atoms with van der Waals surface area (Å²) >= 11 is 2.22. The van der Waals surface area contributed by atoms with E-state index in [0.717, 1.165) is 15.1 Å². The molecule has 13 heavy (non-hydrogen) atoms. The van der Waals surface area contributed by atoms with Gasteiger partial charge >= 0.3 is 0 Å². The van der Waals surface area contributed by atoms with Crippen LogP contribution in [0.3, 0.4) is 0 Å². The Kier molecular flexibility index (Phi) is 3.84. The molecule has 0 aromatic heterocycles. The van der Waals surface area contributed by atoms with Crippen LogP contribution in [0.25, 0.3) is 0 Å². The number of ether oxygens (including phenoxy) is 2. The van der Waals surface area contributed by atoms with Gasteiger partial charge in [0, 0.05) is 0 Å². The lowest BCUT2D eigenvalue weighted by molar-refractivity contribution is 0.239. The molecule has 2 nitrogen and oxygen atoms in total. The molecule has 0 aliphatic rings. The summed E-state index contributed by atoms with van der Waals surface area (Å²) < 4.78 is 11.8. The van der Waals surface area contributed by atoms with Crippen molar-refractivity contribution in [3.05, 3.63) is 21.8 Å². The summed E-state index contributed by atoms with van der Waals surface area (Å²) in [6, 6.07) is 5.80. The molecule has 0 saturated carbocycles. The zero-order valence-corrected chi connectivity index (χ0v) is 10.2. The number of methoxy groups -OCH3 is 1. The Morgan fingerprint density at radius 1 is 1.23 bits per heavy atom. The van der Waals surface area contributed by atoms with Crippen molar-refractivity contribution in [2.24, 2.45) is 0 Å². The fraction of sp³-hybridized carbons (Fsp3) is 0.400. The molecule has 1 aromatic carbocycles. The molecule has 3 heteroatoms. The second kappa shape index (κ2) is 4.69. The van der Waals surface area contributed by atoms with E-state index in [-0.39, 0.29) is 6.10 Å². The maximum atomic E-state index is 5.60. The lowest BCUT2D eigenvalue weighted by atomic mass is 10.3. The van der Waals surface area contributed by atoms with E-state index in [1.807, 2.05) is 32.0 Å². The van der Waals surface area contributed by atoms with Crippen molar-refractivity contribution < 1.29 is 9.47 Å². The van der Waals surface area contributed by atoms with Gasteiger partial charge in [-0.1, -0.05) is 6.07 Å². The third-order valence-electron chi connectivity index (χ3n) is 1.51. The van der Waals surface area contributed by atoms with Crippen LogP contribution in [-0.4, -0.2) is 13.2 Å². The van der Waals surface area contributed by atoms with Crippen molar-refractivity contribution in [1.29, 1.82) is 0 Å². The predicted molar refractivity (Wildman–Crippen MR) is 61.5 cm³/mol. The molecule has 0 aliphatic heterocycles. The van der Waals surface area contributed by atoms with Gasteiger partial charge in [-0.15, -0.1) is 0 Å². The first-order valence-electron chi connectivity index (χ1n) is 4.14. The molecule has 0 aliphatic carbocycles. The molecule has 0 N–H and O–H groups in total. The zero-order chi connectivity index (χ0) is 9.84. The van der Waals surface area contributed by atoms with Gasteiger partial charge in [-0.05, 0) is 48.6 Å². The minimum absolute atomic E-state index is 0.195. The smallest absolute Gasteiger partial charge is 0.136 e. The quantitative estimate of drug-likeness (QED) is 0.797. The first-order valence-corrected chi connectivity index (χ1v) is 5.22. The standard InChI is InChI=1S/C10H13IO2/c1-7(2)13-9-6-4-5-8(12-3)10(9)11/h4-7H,1-3H3. The average molecular weight is 292 g/mol. The number of benzene rings is 1. The van der Waals surface area contributed by atoms with Gasteiger partial charge in [0.25, 0.3) is 0 Å². The molecule has 0 saturated heterocycles. The third kappa shape index (κ3) is 2.76. The topological polar surface area (TPSA) is 18.5 Å². The average Bonchev–Trinajstić information content (AvgIpc) is 2.08. The summed E-state index contributed by atoms with van der Waals surface area (Å²) in [6.07, 6.45) is 0.195. The van der Waals surface area contributed by atoms with Gasteiger partial charge in [-0.25, -0.2) is 0 Å². The van der Waals surface area contributed by atoms with Crippen LogP contribution in [0.5, 0.6) is 11.5 Å². The predicted octanol–water partition coefficient (Wildman–Crippen LogP) is 3.09. The van der Waals surface area contributed by atoms with E-state index in [1.165, 1.54) is 0 Å². The molecule has 0 radical (unpaired) electrons.